The summed E-state index contributed by atoms with van der Waals surface area (Å²) in [5.74, 6) is 0. The quantitative estimate of drug-likeness (QED) is 0.182. The Kier molecular flexibility index (Phi) is 7.03. The highest BCUT2D eigenvalue weighted by Gasteiger charge is 2.19. The Morgan fingerprint density at radius 2 is 1.02 bits per heavy atom. The van der Waals surface area contributed by atoms with Gasteiger partial charge in [-0.1, -0.05) is 146 Å². The minimum atomic E-state index is 1.03. The fourth-order valence-corrected chi connectivity index (χ4v) is 7.88. The maximum absolute atomic E-state index is 5.16. The Bertz CT molecular complexity index is 2540. The molecule has 0 saturated carbocycles. The number of thiophene rings is 1. The van der Waals surface area contributed by atoms with Gasteiger partial charge in [-0.15, -0.1) is 11.3 Å². The van der Waals surface area contributed by atoms with Crippen LogP contribution in [0.2, 0.25) is 0 Å². The average Bonchev–Trinajstić information content (AvgIpc) is 3.55. The van der Waals surface area contributed by atoms with Crippen LogP contribution < -0.4 is 4.90 Å². The van der Waals surface area contributed by atoms with E-state index in [1.165, 1.54) is 58.9 Å². The third-order valence-electron chi connectivity index (χ3n) is 9.12. The Morgan fingerprint density at radius 1 is 0.438 bits per heavy atom. The summed E-state index contributed by atoms with van der Waals surface area (Å²) in [7, 11) is 0. The Balaban J connectivity index is 1.17. The number of aromatic nitrogens is 1. The maximum Gasteiger partial charge on any atom is 0.0896 e. The number of hydrogen-bond donors (Lipinski definition) is 0. The van der Waals surface area contributed by atoms with E-state index in [-0.39, 0.29) is 0 Å². The van der Waals surface area contributed by atoms with Crippen LogP contribution in [0.4, 0.5) is 17.1 Å². The molecule has 0 bridgehead atoms. The van der Waals surface area contributed by atoms with Gasteiger partial charge in [0.1, 0.15) is 0 Å². The lowest BCUT2D eigenvalue weighted by molar-refractivity contribution is 1.26. The van der Waals surface area contributed by atoms with Crippen molar-refractivity contribution in [3.05, 3.63) is 182 Å². The van der Waals surface area contributed by atoms with E-state index < -0.39 is 0 Å². The smallest absolute Gasteiger partial charge is 0.0896 e. The zero-order valence-corrected chi connectivity index (χ0v) is 26.9. The summed E-state index contributed by atoms with van der Waals surface area (Å²) in [5, 5.41) is 3.72. The van der Waals surface area contributed by atoms with Gasteiger partial charge in [-0.05, 0) is 68.9 Å². The molecule has 9 aromatic rings. The summed E-state index contributed by atoms with van der Waals surface area (Å²) in [5.41, 5.74) is 11.4. The number of fused-ring (bicyclic) bond motifs is 5. The molecule has 2 heterocycles. The summed E-state index contributed by atoms with van der Waals surface area (Å²) in [6, 6.07) is 62.9. The molecule has 2 nitrogen and oxygen atoms in total. The van der Waals surface area contributed by atoms with E-state index in [9.17, 15) is 0 Å². The van der Waals surface area contributed by atoms with E-state index in [2.05, 4.69) is 181 Å². The molecule has 0 aliphatic rings. The SMILES string of the molecule is c1ccc(-c2ccc(-c3ccc(N(c4cnc5c(c4)sc4ccc6ccccc6c45)c4ccccc4-c4ccccc4)cc3)cc2)cc1. The fraction of sp³-hybridized carbons (Fsp3) is 0. The topological polar surface area (TPSA) is 16.1 Å². The first-order valence-corrected chi connectivity index (χ1v) is 17.0. The zero-order valence-electron chi connectivity index (χ0n) is 26.1. The molecule has 0 fully saturated rings. The second kappa shape index (κ2) is 12.0. The normalized spacial score (nSPS) is 11.3. The van der Waals surface area contributed by atoms with Gasteiger partial charge in [-0.3, -0.25) is 4.98 Å². The van der Waals surface area contributed by atoms with Crippen molar-refractivity contribution in [3.63, 3.8) is 0 Å². The fourth-order valence-electron chi connectivity index (χ4n) is 6.77. The van der Waals surface area contributed by atoms with E-state index in [0.29, 0.717) is 0 Å². The zero-order chi connectivity index (χ0) is 31.9. The van der Waals surface area contributed by atoms with Crippen LogP contribution in [0.15, 0.2) is 182 Å². The van der Waals surface area contributed by atoms with Crippen molar-refractivity contribution in [2.24, 2.45) is 0 Å². The van der Waals surface area contributed by atoms with Gasteiger partial charge >= 0.3 is 0 Å². The molecule has 226 valence electrons. The molecule has 0 aliphatic heterocycles. The average molecular weight is 631 g/mol. The number of anilines is 3. The minimum Gasteiger partial charge on any atom is -0.308 e. The van der Waals surface area contributed by atoms with E-state index in [0.717, 1.165) is 22.6 Å². The highest BCUT2D eigenvalue weighted by molar-refractivity contribution is 7.26. The van der Waals surface area contributed by atoms with E-state index >= 15 is 0 Å². The lowest BCUT2D eigenvalue weighted by Gasteiger charge is -2.27. The van der Waals surface area contributed by atoms with Gasteiger partial charge < -0.3 is 4.90 Å². The number of para-hydroxylation sites is 1. The second-order valence-electron chi connectivity index (χ2n) is 12.0. The summed E-state index contributed by atoms with van der Waals surface area (Å²) in [6.07, 6.45) is 2.04. The third kappa shape index (κ3) is 5.02. The van der Waals surface area contributed by atoms with Gasteiger partial charge in [0.2, 0.25) is 0 Å². The van der Waals surface area contributed by atoms with Crippen LogP contribution in [0.5, 0.6) is 0 Å². The minimum absolute atomic E-state index is 1.03. The summed E-state index contributed by atoms with van der Waals surface area (Å²) < 4.78 is 2.43. The van der Waals surface area contributed by atoms with E-state index in [4.69, 9.17) is 4.98 Å². The number of rotatable bonds is 6. The van der Waals surface area contributed by atoms with Crippen LogP contribution >= 0.6 is 11.3 Å². The van der Waals surface area contributed by atoms with Gasteiger partial charge in [0.25, 0.3) is 0 Å². The van der Waals surface area contributed by atoms with Gasteiger partial charge in [-0.2, -0.15) is 0 Å². The van der Waals surface area contributed by atoms with Crippen molar-refractivity contribution in [2.75, 3.05) is 4.90 Å². The molecule has 0 atom stereocenters. The molecule has 3 heteroatoms. The first-order chi connectivity index (χ1) is 23.8. The van der Waals surface area contributed by atoms with Crippen LogP contribution in [-0.4, -0.2) is 4.98 Å². The van der Waals surface area contributed by atoms with Crippen LogP contribution in [0.1, 0.15) is 0 Å². The van der Waals surface area contributed by atoms with Crippen LogP contribution in [0, 0.1) is 0 Å². The standard InChI is InChI=1S/C45H30N2S/c1-3-11-31(12-4-1)32-19-21-33(22-20-32)34-23-26-37(27-24-34)47(41-18-10-9-16-39(41)35-13-5-2-6-14-35)38-29-43-45(46-30-38)44-40-17-8-7-15-36(40)25-28-42(44)48-43/h1-30H. The van der Waals surface area contributed by atoms with Crippen LogP contribution in [0.3, 0.4) is 0 Å². The molecule has 0 aliphatic carbocycles. The van der Waals surface area contributed by atoms with Gasteiger partial charge in [-0.25, -0.2) is 0 Å². The highest BCUT2D eigenvalue weighted by Crippen LogP contribution is 2.44. The van der Waals surface area contributed by atoms with Gasteiger partial charge in [0.15, 0.2) is 0 Å². The molecule has 0 radical (unpaired) electrons. The summed E-state index contributed by atoms with van der Waals surface area (Å²) in [6.45, 7) is 0. The number of benzene rings is 7. The van der Waals surface area contributed by atoms with E-state index in [1.807, 2.05) is 17.5 Å². The molecule has 0 saturated heterocycles. The van der Waals surface area contributed by atoms with Gasteiger partial charge in [0, 0.05) is 21.3 Å². The van der Waals surface area contributed by atoms with Crippen molar-refractivity contribution < 1.29 is 0 Å². The molecule has 0 unspecified atom stereocenters. The largest absolute Gasteiger partial charge is 0.308 e. The molecule has 2 aromatic heterocycles. The Labute approximate surface area is 283 Å². The van der Waals surface area contributed by atoms with Crippen molar-refractivity contribution in [1.82, 2.24) is 4.98 Å². The molecule has 0 spiro atoms. The predicted octanol–water partition coefficient (Wildman–Crippen LogP) is 13.1. The number of hydrogen-bond acceptors (Lipinski definition) is 3. The van der Waals surface area contributed by atoms with Crippen LogP contribution in [-0.2, 0) is 0 Å². The molecular weight excluding hydrogens is 601 g/mol. The second-order valence-corrected chi connectivity index (χ2v) is 13.1. The Hall–Kier alpha value is -6.03. The number of nitrogens with zero attached hydrogens (tertiary/aromatic N) is 2. The first kappa shape index (κ1) is 28.2. The molecule has 48 heavy (non-hydrogen) atoms. The lowest BCUT2D eigenvalue weighted by Crippen LogP contribution is -2.11. The van der Waals surface area contributed by atoms with Crippen molar-refractivity contribution in [3.8, 4) is 33.4 Å². The van der Waals surface area contributed by atoms with Crippen molar-refractivity contribution in [1.29, 1.82) is 0 Å². The third-order valence-corrected chi connectivity index (χ3v) is 10.2. The van der Waals surface area contributed by atoms with Crippen molar-refractivity contribution in [2.45, 2.75) is 0 Å². The molecule has 0 amide bonds. The first-order valence-electron chi connectivity index (χ1n) is 16.2. The summed E-state index contributed by atoms with van der Waals surface area (Å²) in [4.78, 5) is 7.51. The molecule has 0 N–H and O–H groups in total. The monoisotopic (exact) mass is 630 g/mol. The Morgan fingerprint density at radius 3 is 1.75 bits per heavy atom. The molecule has 7 aromatic carbocycles. The molecule has 9 rings (SSSR count). The van der Waals surface area contributed by atoms with E-state index in [1.54, 1.807) is 0 Å². The molecular formula is C45H30N2S. The highest BCUT2D eigenvalue weighted by atomic mass is 32.1. The predicted molar refractivity (Wildman–Crippen MR) is 206 cm³/mol. The lowest BCUT2D eigenvalue weighted by atomic mass is 9.99. The van der Waals surface area contributed by atoms with Gasteiger partial charge in [0.05, 0.1) is 27.8 Å². The summed E-state index contributed by atoms with van der Waals surface area (Å²) >= 11 is 1.81. The van der Waals surface area contributed by atoms with Crippen molar-refractivity contribution >= 4 is 59.5 Å². The van der Waals surface area contributed by atoms with Crippen LogP contribution in [0.25, 0.3) is 64.5 Å². The maximum atomic E-state index is 5.16. The number of pyridine rings is 1.